The molecule has 0 saturated carbocycles. The third-order valence-electron chi connectivity index (χ3n) is 4.94. The number of halogens is 4. The van der Waals surface area contributed by atoms with Crippen molar-refractivity contribution in [1.82, 2.24) is 15.1 Å². The smallest absolute Gasteiger partial charge is 0.357 e. The van der Waals surface area contributed by atoms with E-state index in [0.29, 0.717) is 19.0 Å². The minimum Gasteiger partial charge on any atom is -0.357 e. The first kappa shape index (κ1) is 25.8. The number of rotatable bonds is 9. The first-order chi connectivity index (χ1) is 11.8. The van der Waals surface area contributed by atoms with E-state index in [-0.39, 0.29) is 29.9 Å². The standard InChI is InChI=1S/C18H35F3N4.HI/c1-5-15(6-2)11-23-17(22-7-3)25-10-9-16(13-25)12-24(8-4)14-18(19,20)21;/h15-16H,5-14H2,1-4H3,(H,22,23);1H. The summed E-state index contributed by atoms with van der Waals surface area (Å²) in [6.07, 6.45) is -0.973. The van der Waals surface area contributed by atoms with Gasteiger partial charge in [0.1, 0.15) is 0 Å². The number of likely N-dealkylation sites (tertiary alicyclic amines) is 1. The number of alkyl halides is 3. The van der Waals surface area contributed by atoms with Crippen molar-refractivity contribution in [2.45, 2.75) is 53.1 Å². The molecule has 4 nitrogen and oxygen atoms in total. The molecule has 1 saturated heterocycles. The highest BCUT2D eigenvalue weighted by molar-refractivity contribution is 14.0. The van der Waals surface area contributed by atoms with Gasteiger partial charge in [-0.05, 0) is 31.7 Å². The molecule has 156 valence electrons. The third-order valence-corrected chi connectivity index (χ3v) is 4.94. The fourth-order valence-electron chi connectivity index (χ4n) is 3.29. The Morgan fingerprint density at radius 1 is 1.23 bits per heavy atom. The summed E-state index contributed by atoms with van der Waals surface area (Å²) in [4.78, 5) is 8.48. The summed E-state index contributed by atoms with van der Waals surface area (Å²) in [7, 11) is 0. The Morgan fingerprint density at radius 3 is 2.38 bits per heavy atom. The van der Waals surface area contributed by atoms with Gasteiger partial charge in [-0.1, -0.05) is 33.6 Å². The fraction of sp³-hybridized carbons (Fsp3) is 0.944. The molecular formula is C18H36F3IN4. The topological polar surface area (TPSA) is 30.9 Å². The van der Waals surface area contributed by atoms with E-state index in [9.17, 15) is 13.2 Å². The first-order valence-electron chi connectivity index (χ1n) is 9.65. The van der Waals surface area contributed by atoms with Crippen LogP contribution in [-0.4, -0.2) is 67.7 Å². The summed E-state index contributed by atoms with van der Waals surface area (Å²) in [5.41, 5.74) is 0. The van der Waals surface area contributed by atoms with E-state index >= 15 is 0 Å². The molecule has 1 fully saturated rings. The summed E-state index contributed by atoms with van der Waals surface area (Å²) in [5.74, 6) is 1.77. The lowest BCUT2D eigenvalue weighted by Gasteiger charge is -2.26. The lowest BCUT2D eigenvalue weighted by Crippen LogP contribution is -2.42. The third kappa shape index (κ3) is 9.62. The fourth-order valence-corrected chi connectivity index (χ4v) is 3.29. The van der Waals surface area contributed by atoms with Crippen LogP contribution < -0.4 is 5.32 Å². The van der Waals surface area contributed by atoms with Crippen molar-refractivity contribution in [3.05, 3.63) is 0 Å². The van der Waals surface area contributed by atoms with Crippen LogP contribution in [0.2, 0.25) is 0 Å². The molecule has 0 aromatic heterocycles. The maximum Gasteiger partial charge on any atom is 0.401 e. The van der Waals surface area contributed by atoms with E-state index in [2.05, 4.69) is 24.1 Å². The Morgan fingerprint density at radius 2 is 1.88 bits per heavy atom. The van der Waals surface area contributed by atoms with Gasteiger partial charge >= 0.3 is 6.18 Å². The maximum atomic E-state index is 12.6. The van der Waals surface area contributed by atoms with Crippen LogP contribution in [0.3, 0.4) is 0 Å². The zero-order valence-corrected chi connectivity index (χ0v) is 18.9. The zero-order chi connectivity index (χ0) is 18.9. The Bertz CT molecular complexity index is 400. The van der Waals surface area contributed by atoms with Crippen LogP contribution in [0, 0.1) is 11.8 Å². The van der Waals surface area contributed by atoms with E-state index in [1.807, 2.05) is 6.92 Å². The van der Waals surface area contributed by atoms with Crippen molar-refractivity contribution >= 4 is 29.9 Å². The summed E-state index contributed by atoms with van der Waals surface area (Å²) >= 11 is 0. The van der Waals surface area contributed by atoms with Gasteiger partial charge in [0, 0.05) is 32.7 Å². The quantitative estimate of drug-likeness (QED) is 0.297. The second-order valence-electron chi connectivity index (χ2n) is 6.92. The van der Waals surface area contributed by atoms with Crippen LogP contribution in [0.15, 0.2) is 4.99 Å². The summed E-state index contributed by atoms with van der Waals surface area (Å²) in [6.45, 7) is 11.6. The lowest BCUT2D eigenvalue weighted by atomic mass is 10.0. The van der Waals surface area contributed by atoms with E-state index in [4.69, 9.17) is 4.99 Å². The highest BCUT2D eigenvalue weighted by Gasteiger charge is 2.33. The largest absolute Gasteiger partial charge is 0.401 e. The number of guanidine groups is 1. The monoisotopic (exact) mass is 492 g/mol. The second kappa shape index (κ2) is 13.0. The van der Waals surface area contributed by atoms with Crippen LogP contribution >= 0.6 is 24.0 Å². The molecule has 0 amide bonds. The minimum atomic E-state index is -4.12. The van der Waals surface area contributed by atoms with Crippen molar-refractivity contribution in [2.75, 3.05) is 45.8 Å². The van der Waals surface area contributed by atoms with Gasteiger partial charge in [-0.2, -0.15) is 13.2 Å². The molecule has 1 rings (SSSR count). The molecule has 0 aromatic carbocycles. The molecule has 1 N–H and O–H groups in total. The Hall–Kier alpha value is -0.250. The van der Waals surface area contributed by atoms with E-state index in [1.54, 1.807) is 6.92 Å². The molecule has 1 heterocycles. The molecule has 8 heteroatoms. The van der Waals surface area contributed by atoms with Gasteiger partial charge in [0.05, 0.1) is 6.54 Å². The van der Waals surface area contributed by atoms with Crippen LogP contribution in [-0.2, 0) is 0 Å². The molecule has 0 bridgehead atoms. The van der Waals surface area contributed by atoms with Crippen LogP contribution in [0.1, 0.15) is 47.0 Å². The van der Waals surface area contributed by atoms with Gasteiger partial charge in [0.2, 0.25) is 0 Å². The molecule has 1 unspecified atom stereocenters. The Kier molecular flexibility index (Phi) is 12.9. The highest BCUT2D eigenvalue weighted by atomic mass is 127. The first-order valence-corrected chi connectivity index (χ1v) is 9.65. The minimum absolute atomic E-state index is 0. The number of hydrogen-bond donors (Lipinski definition) is 1. The summed E-state index contributed by atoms with van der Waals surface area (Å²) < 4.78 is 37.9. The average Bonchev–Trinajstić information content (AvgIpc) is 3.01. The molecular weight excluding hydrogens is 456 g/mol. The second-order valence-corrected chi connectivity index (χ2v) is 6.92. The average molecular weight is 492 g/mol. The molecule has 0 aliphatic carbocycles. The summed E-state index contributed by atoms with van der Waals surface area (Å²) in [5, 5.41) is 3.34. The molecule has 1 aliphatic heterocycles. The van der Waals surface area contributed by atoms with E-state index < -0.39 is 12.7 Å². The number of hydrogen-bond acceptors (Lipinski definition) is 2. The van der Waals surface area contributed by atoms with Crippen molar-refractivity contribution in [3.8, 4) is 0 Å². The molecule has 0 radical (unpaired) electrons. The predicted molar refractivity (Wildman–Crippen MR) is 113 cm³/mol. The van der Waals surface area contributed by atoms with Gasteiger partial charge in [0.15, 0.2) is 5.96 Å². The molecule has 1 aliphatic rings. The van der Waals surface area contributed by atoms with Gasteiger partial charge in [-0.3, -0.25) is 9.89 Å². The molecule has 1 atom stereocenters. The van der Waals surface area contributed by atoms with Gasteiger partial charge in [-0.15, -0.1) is 24.0 Å². The van der Waals surface area contributed by atoms with Crippen molar-refractivity contribution in [1.29, 1.82) is 0 Å². The molecule has 26 heavy (non-hydrogen) atoms. The van der Waals surface area contributed by atoms with Gasteiger partial charge in [-0.25, -0.2) is 0 Å². The zero-order valence-electron chi connectivity index (χ0n) is 16.6. The molecule has 0 aromatic rings. The van der Waals surface area contributed by atoms with E-state index in [0.717, 1.165) is 51.4 Å². The van der Waals surface area contributed by atoms with Crippen LogP contribution in [0.25, 0.3) is 0 Å². The Labute approximate surface area is 174 Å². The van der Waals surface area contributed by atoms with Crippen molar-refractivity contribution in [2.24, 2.45) is 16.8 Å². The van der Waals surface area contributed by atoms with E-state index in [1.165, 1.54) is 4.90 Å². The summed E-state index contributed by atoms with van der Waals surface area (Å²) in [6, 6.07) is 0. The van der Waals surface area contributed by atoms with Gasteiger partial charge in [0.25, 0.3) is 0 Å². The van der Waals surface area contributed by atoms with Gasteiger partial charge < -0.3 is 10.2 Å². The van der Waals surface area contributed by atoms with Crippen LogP contribution in [0.5, 0.6) is 0 Å². The van der Waals surface area contributed by atoms with Crippen LogP contribution in [0.4, 0.5) is 13.2 Å². The SMILES string of the molecule is CCNC(=NCC(CC)CC)N1CCC(CN(CC)CC(F)(F)F)C1.I. The number of aliphatic imine (C=N–C) groups is 1. The lowest BCUT2D eigenvalue weighted by molar-refractivity contribution is -0.146. The highest BCUT2D eigenvalue weighted by Crippen LogP contribution is 2.21. The number of nitrogens with one attached hydrogen (secondary N) is 1. The maximum absolute atomic E-state index is 12.6. The molecule has 0 spiro atoms. The Balaban J connectivity index is 0.00000625. The van der Waals surface area contributed by atoms with Crippen molar-refractivity contribution < 1.29 is 13.2 Å². The number of nitrogens with zero attached hydrogens (tertiary/aromatic N) is 3. The van der Waals surface area contributed by atoms with Crippen molar-refractivity contribution in [3.63, 3.8) is 0 Å². The predicted octanol–water partition coefficient (Wildman–Crippen LogP) is 4.21. The normalized spacial score (nSPS) is 18.6.